The van der Waals surface area contributed by atoms with Gasteiger partial charge in [0.25, 0.3) is 0 Å². The Morgan fingerprint density at radius 3 is 1.30 bits per heavy atom. The molecule has 0 spiro atoms. The normalized spacial score (nSPS) is 32.7. The maximum atomic E-state index is 3.54. The van der Waals surface area contributed by atoms with Crippen LogP contribution in [-0.4, -0.2) is 0 Å². The molecule has 0 aromatic carbocycles. The van der Waals surface area contributed by atoms with Crippen molar-refractivity contribution in [1.29, 1.82) is 0 Å². The third kappa shape index (κ3) is 9.43. The first kappa shape index (κ1) is 33.4. The van der Waals surface area contributed by atoms with Gasteiger partial charge in [0, 0.05) is 0 Å². The van der Waals surface area contributed by atoms with Crippen LogP contribution in [0.25, 0.3) is 0 Å². The molecule has 0 radical (unpaired) electrons. The molecule has 0 saturated heterocycles. The molecule has 4 aliphatic rings. The van der Waals surface area contributed by atoms with Gasteiger partial charge in [0.05, 0.1) is 0 Å². The second-order valence-electron chi connectivity index (χ2n) is 11.3. The fraction of sp³-hybridized carbons (Fsp3) is 0.733. The van der Waals surface area contributed by atoms with E-state index in [0.717, 1.165) is 60.2 Å². The number of hydrogen-bond acceptors (Lipinski definition) is 0. The molecule has 184 valence electrons. The molecule has 0 bridgehead atoms. The van der Waals surface area contributed by atoms with E-state index in [-0.39, 0.29) is 51.0 Å². The molecule has 2 fully saturated rings. The predicted octanol–water partition coefficient (Wildman–Crippen LogP) is 2.77. The monoisotopic (exact) mass is 566 g/mol. The molecular weight excluding hydrogens is 522 g/mol. The summed E-state index contributed by atoms with van der Waals surface area (Å²) in [6, 6.07) is 0. The third-order valence-electron chi connectivity index (χ3n) is 8.29. The average molecular weight is 569 g/mol. The minimum atomic E-state index is 0. The van der Waals surface area contributed by atoms with Crippen LogP contribution in [0.15, 0.2) is 35.5 Å². The minimum Gasteiger partial charge on any atom is -1.00 e. The van der Waals surface area contributed by atoms with E-state index in [1.165, 1.54) is 49.7 Å². The Bertz CT molecular complexity index is 615. The minimum absolute atomic E-state index is 0. The topological polar surface area (TPSA) is 0 Å². The average Bonchev–Trinajstić information content (AvgIpc) is 3.42. The van der Waals surface area contributed by atoms with Gasteiger partial charge in [0.2, 0.25) is 0 Å². The Kier molecular flexibility index (Phi) is 16.4. The Morgan fingerprint density at radius 2 is 1.03 bits per heavy atom. The van der Waals surface area contributed by atoms with Gasteiger partial charge < -0.3 is 24.8 Å². The maximum Gasteiger partial charge on any atom is 4.00 e. The quantitative estimate of drug-likeness (QED) is 0.458. The van der Waals surface area contributed by atoms with Gasteiger partial charge in [-0.25, -0.2) is 23.3 Å². The van der Waals surface area contributed by atoms with Crippen molar-refractivity contribution in [2.24, 2.45) is 47.3 Å². The summed E-state index contributed by atoms with van der Waals surface area (Å²) in [4.78, 5) is 0. The molecular formula is C30H46Cl2Zr. The van der Waals surface area contributed by atoms with Crippen molar-refractivity contribution in [2.75, 3.05) is 0 Å². The molecule has 2 saturated carbocycles. The second kappa shape index (κ2) is 16.2. The van der Waals surface area contributed by atoms with Crippen LogP contribution in [0.5, 0.6) is 0 Å². The summed E-state index contributed by atoms with van der Waals surface area (Å²) in [5.41, 5.74) is 3.03. The predicted molar refractivity (Wildman–Crippen MR) is 131 cm³/mol. The number of allylic oxidation sites excluding steroid dienone is 8. The summed E-state index contributed by atoms with van der Waals surface area (Å²) in [5.74, 6) is 6.86. The van der Waals surface area contributed by atoms with Gasteiger partial charge in [-0.05, 0) is 73.0 Å². The molecule has 0 amide bonds. The van der Waals surface area contributed by atoms with Crippen LogP contribution in [0.4, 0.5) is 0 Å². The fourth-order valence-corrected chi connectivity index (χ4v) is 6.47. The summed E-state index contributed by atoms with van der Waals surface area (Å²) >= 11 is 0. The SMILES string of the molecule is CC1CCC(C(C)C)C(C2=[C-]CC=C2)C1.CC1CCC(C(C)C)C(C2=[C-]CC=C2)C1.[Cl-].[Cl-].[Zr+4]. The standard InChI is InChI=1S/2C15H23.2ClH.Zr/c2*1-11(2)14-9-8-12(3)10-15(14)13-6-4-5-7-13;;;/h2*4,6,11-12,14-15H,5,8-10H2,1-3H3;2*1H;/q2*-1;;;+4/p-2. The van der Waals surface area contributed by atoms with E-state index in [1.54, 1.807) is 0 Å². The smallest absolute Gasteiger partial charge is 1.00 e. The Morgan fingerprint density at radius 1 is 0.667 bits per heavy atom. The molecule has 3 heteroatoms. The fourth-order valence-electron chi connectivity index (χ4n) is 6.47. The molecule has 4 aliphatic carbocycles. The first-order chi connectivity index (χ1) is 14.4. The molecule has 6 atom stereocenters. The number of rotatable bonds is 4. The van der Waals surface area contributed by atoms with Gasteiger partial charge >= 0.3 is 26.2 Å². The van der Waals surface area contributed by atoms with Crippen molar-refractivity contribution in [2.45, 2.75) is 92.9 Å². The molecule has 4 rings (SSSR count). The van der Waals surface area contributed by atoms with Crippen LogP contribution in [0, 0.1) is 59.5 Å². The van der Waals surface area contributed by atoms with E-state index in [0.29, 0.717) is 0 Å². The van der Waals surface area contributed by atoms with Crippen LogP contribution >= 0.6 is 0 Å². The molecule has 0 aromatic heterocycles. The van der Waals surface area contributed by atoms with E-state index >= 15 is 0 Å². The van der Waals surface area contributed by atoms with Crippen molar-refractivity contribution in [3.8, 4) is 0 Å². The van der Waals surface area contributed by atoms with Crippen LogP contribution in [0.1, 0.15) is 92.9 Å². The van der Waals surface area contributed by atoms with Gasteiger partial charge in [-0.1, -0.05) is 54.4 Å². The molecule has 0 aromatic rings. The van der Waals surface area contributed by atoms with Crippen LogP contribution < -0.4 is 24.8 Å². The van der Waals surface area contributed by atoms with Crippen molar-refractivity contribution in [3.63, 3.8) is 0 Å². The van der Waals surface area contributed by atoms with E-state index in [9.17, 15) is 0 Å². The summed E-state index contributed by atoms with van der Waals surface area (Å²) in [6.45, 7) is 14.3. The van der Waals surface area contributed by atoms with E-state index in [1.807, 2.05) is 0 Å². The Hall–Kier alpha value is 0.423. The van der Waals surface area contributed by atoms with Crippen molar-refractivity contribution in [1.82, 2.24) is 0 Å². The maximum absolute atomic E-state index is 3.54. The summed E-state index contributed by atoms with van der Waals surface area (Å²) < 4.78 is 0. The summed E-state index contributed by atoms with van der Waals surface area (Å²) in [5, 5.41) is 0. The van der Waals surface area contributed by atoms with Gasteiger partial charge in [-0.3, -0.25) is 12.2 Å². The largest absolute Gasteiger partial charge is 4.00 e. The summed E-state index contributed by atoms with van der Waals surface area (Å²) in [6.07, 6.45) is 26.8. The van der Waals surface area contributed by atoms with E-state index in [4.69, 9.17) is 0 Å². The molecule has 6 unspecified atom stereocenters. The van der Waals surface area contributed by atoms with Crippen molar-refractivity contribution >= 4 is 0 Å². The van der Waals surface area contributed by atoms with Crippen molar-refractivity contribution in [3.05, 3.63) is 47.6 Å². The van der Waals surface area contributed by atoms with Crippen molar-refractivity contribution < 1.29 is 51.0 Å². The van der Waals surface area contributed by atoms with Gasteiger partial charge in [-0.2, -0.15) is 12.2 Å². The molecule has 0 nitrogen and oxygen atoms in total. The molecule has 0 heterocycles. The Labute approximate surface area is 237 Å². The molecule has 0 aliphatic heterocycles. The second-order valence-corrected chi connectivity index (χ2v) is 11.3. The number of halogens is 2. The zero-order valence-corrected chi connectivity index (χ0v) is 25.8. The van der Waals surface area contributed by atoms with E-state index in [2.05, 4.69) is 78.0 Å². The van der Waals surface area contributed by atoms with E-state index < -0.39 is 0 Å². The molecule has 33 heavy (non-hydrogen) atoms. The first-order valence-corrected chi connectivity index (χ1v) is 12.9. The van der Waals surface area contributed by atoms with Crippen LogP contribution in [-0.2, 0) is 26.2 Å². The Balaban J connectivity index is 0.000000569. The van der Waals surface area contributed by atoms with Gasteiger partial charge in [-0.15, -0.1) is 12.8 Å². The zero-order valence-electron chi connectivity index (χ0n) is 21.8. The first-order valence-electron chi connectivity index (χ1n) is 12.9. The van der Waals surface area contributed by atoms with Crippen LogP contribution in [0.3, 0.4) is 0 Å². The number of hydrogen-bond donors (Lipinski definition) is 0. The summed E-state index contributed by atoms with van der Waals surface area (Å²) in [7, 11) is 0. The third-order valence-corrected chi connectivity index (χ3v) is 8.29. The van der Waals surface area contributed by atoms with Gasteiger partial charge in [0.15, 0.2) is 0 Å². The van der Waals surface area contributed by atoms with Gasteiger partial charge in [0.1, 0.15) is 0 Å². The van der Waals surface area contributed by atoms with Crippen LogP contribution in [0.2, 0.25) is 0 Å². The zero-order chi connectivity index (χ0) is 21.7. The molecule has 0 N–H and O–H groups in total.